The summed E-state index contributed by atoms with van der Waals surface area (Å²) in [6.45, 7) is 0.341. The Balaban J connectivity index is 1.66. The number of aryl methyl sites for hydroxylation is 1. The van der Waals surface area contributed by atoms with Gasteiger partial charge in [0.15, 0.2) is 5.78 Å². The van der Waals surface area contributed by atoms with Gasteiger partial charge in [0.2, 0.25) is 0 Å². The maximum absolute atomic E-state index is 12.0. The highest BCUT2D eigenvalue weighted by Crippen LogP contribution is 2.23. The number of ether oxygens (including phenoxy) is 1. The van der Waals surface area contributed by atoms with Gasteiger partial charge in [-0.05, 0) is 23.6 Å². The smallest absolute Gasteiger partial charge is 0.426 e. The molecule has 3 rings (SSSR count). The lowest BCUT2D eigenvalue weighted by Gasteiger charge is -2.24. The van der Waals surface area contributed by atoms with Crippen molar-refractivity contribution in [3.05, 3.63) is 65.7 Å². The van der Waals surface area contributed by atoms with Crippen LogP contribution in [0.2, 0.25) is 0 Å². The standard InChI is InChI=1S/C18H18N2O3/c21-16-11-10-15-8-4-5-9-17(15)20(12-16)19-18(22)23-13-14-6-2-1-3-7-14/h1-9H,10-13H2,(H,19,22). The molecule has 1 amide bonds. The molecule has 1 heterocycles. The first kappa shape index (κ1) is 15.1. The summed E-state index contributed by atoms with van der Waals surface area (Å²) in [5.41, 5.74) is 5.46. The van der Waals surface area contributed by atoms with E-state index in [1.165, 1.54) is 0 Å². The number of nitrogens with zero attached hydrogens (tertiary/aromatic N) is 1. The van der Waals surface area contributed by atoms with Crippen LogP contribution in [-0.4, -0.2) is 18.4 Å². The van der Waals surface area contributed by atoms with Gasteiger partial charge in [-0.15, -0.1) is 0 Å². The van der Waals surface area contributed by atoms with Crippen LogP contribution < -0.4 is 10.4 Å². The van der Waals surface area contributed by atoms with Crippen molar-refractivity contribution in [2.24, 2.45) is 0 Å². The summed E-state index contributed by atoms with van der Waals surface area (Å²) in [6, 6.07) is 17.1. The number of hydrazine groups is 1. The molecule has 0 fully saturated rings. The maximum atomic E-state index is 12.0. The van der Waals surface area contributed by atoms with Crippen LogP contribution in [0, 0.1) is 0 Å². The zero-order chi connectivity index (χ0) is 16.1. The van der Waals surface area contributed by atoms with Crippen molar-refractivity contribution < 1.29 is 14.3 Å². The number of rotatable bonds is 3. The Bertz CT molecular complexity index is 700. The summed E-state index contributed by atoms with van der Waals surface area (Å²) in [6.07, 6.45) is 0.596. The first-order chi connectivity index (χ1) is 11.2. The molecular formula is C18H18N2O3. The van der Waals surface area contributed by atoms with Crippen LogP contribution in [0.3, 0.4) is 0 Å². The van der Waals surface area contributed by atoms with Crippen LogP contribution in [0.1, 0.15) is 17.5 Å². The third-order valence-electron chi connectivity index (χ3n) is 3.73. The van der Waals surface area contributed by atoms with E-state index in [4.69, 9.17) is 4.74 Å². The summed E-state index contributed by atoms with van der Waals surface area (Å²) >= 11 is 0. The summed E-state index contributed by atoms with van der Waals surface area (Å²) in [5, 5.41) is 1.57. The number of para-hydroxylation sites is 1. The third-order valence-corrected chi connectivity index (χ3v) is 3.73. The normalized spacial score (nSPS) is 13.9. The number of nitrogens with one attached hydrogen (secondary N) is 1. The van der Waals surface area contributed by atoms with Gasteiger partial charge in [-0.25, -0.2) is 10.2 Å². The van der Waals surface area contributed by atoms with Crippen LogP contribution >= 0.6 is 0 Å². The molecule has 0 radical (unpaired) electrons. The topological polar surface area (TPSA) is 58.6 Å². The van der Waals surface area contributed by atoms with Crippen molar-refractivity contribution in [3.63, 3.8) is 0 Å². The van der Waals surface area contributed by atoms with Crippen LogP contribution in [0.15, 0.2) is 54.6 Å². The number of benzene rings is 2. The molecule has 23 heavy (non-hydrogen) atoms. The monoisotopic (exact) mass is 310 g/mol. The van der Waals surface area contributed by atoms with Crippen LogP contribution in [0.4, 0.5) is 10.5 Å². The first-order valence-electron chi connectivity index (χ1n) is 7.57. The number of ketones is 1. The van der Waals surface area contributed by atoms with E-state index in [0.29, 0.717) is 12.8 Å². The predicted octanol–water partition coefficient (Wildman–Crippen LogP) is 2.85. The molecular weight excluding hydrogens is 292 g/mol. The molecule has 0 spiro atoms. The summed E-state index contributed by atoms with van der Waals surface area (Å²) < 4.78 is 5.22. The van der Waals surface area contributed by atoms with Crippen molar-refractivity contribution >= 4 is 17.6 Å². The average molecular weight is 310 g/mol. The molecule has 5 heteroatoms. The molecule has 1 N–H and O–H groups in total. The van der Waals surface area contributed by atoms with E-state index in [1.54, 1.807) is 5.01 Å². The van der Waals surface area contributed by atoms with Gasteiger partial charge in [-0.3, -0.25) is 9.80 Å². The van der Waals surface area contributed by atoms with E-state index >= 15 is 0 Å². The van der Waals surface area contributed by atoms with Crippen LogP contribution in [0.25, 0.3) is 0 Å². The lowest BCUT2D eigenvalue weighted by atomic mass is 10.1. The Morgan fingerprint density at radius 2 is 1.78 bits per heavy atom. The lowest BCUT2D eigenvalue weighted by Crippen LogP contribution is -2.45. The molecule has 1 aliphatic heterocycles. The van der Waals surface area contributed by atoms with Gasteiger partial charge >= 0.3 is 6.09 Å². The van der Waals surface area contributed by atoms with Crippen molar-refractivity contribution in [2.45, 2.75) is 19.4 Å². The van der Waals surface area contributed by atoms with E-state index in [1.807, 2.05) is 54.6 Å². The number of anilines is 1. The molecule has 5 nitrogen and oxygen atoms in total. The van der Waals surface area contributed by atoms with Crippen LogP contribution in [-0.2, 0) is 22.6 Å². The molecule has 0 saturated heterocycles. The fourth-order valence-electron chi connectivity index (χ4n) is 2.57. The minimum absolute atomic E-state index is 0.0876. The second kappa shape index (κ2) is 6.96. The van der Waals surface area contributed by atoms with E-state index in [9.17, 15) is 9.59 Å². The highest BCUT2D eigenvalue weighted by molar-refractivity contribution is 5.86. The molecule has 118 valence electrons. The lowest BCUT2D eigenvalue weighted by molar-refractivity contribution is -0.117. The van der Waals surface area contributed by atoms with Crippen molar-refractivity contribution in [3.8, 4) is 0 Å². The Kier molecular flexibility index (Phi) is 4.57. The third kappa shape index (κ3) is 3.88. The van der Waals surface area contributed by atoms with Crippen molar-refractivity contribution in [1.82, 2.24) is 5.43 Å². The minimum Gasteiger partial charge on any atom is -0.443 e. The maximum Gasteiger partial charge on any atom is 0.426 e. The fraction of sp³-hybridized carbons (Fsp3) is 0.222. The molecule has 0 atom stereocenters. The quantitative estimate of drug-likeness (QED) is 0.947. The Morgan fingerprint density at radius 1 is 1.04 bits per heavy atom. The number of carbonyl (C=O) groups excluding carboxylic acids is 2. The van der Waals surface area contributed by atoms with Gasteiger partial charge in [-0.2, -0.15) is 0 Å². The van der Waals surface area contributed by atoms with Gasteiger partial charge in [-0.1, -0.05) is 48.5 Å². The number of carbonyl (C=O) groups is 2. The summed E-state index contributed by atoms with van der Waals surface area (Å²) in [7, 11) is 0. The number of hydrogen-bond acceptors (Lipinski definition) is 4. The fourth-order valence-corrected chi connectivity index (χ4v) is 2.57. The molecule has 2 aromatic carbocycles. The molecule has 1 aliphatic rings. The number of hydrogen-bond donors (Lipinski definition) is 1. The molecule has 0 saturated carbocycles. The minimum atomic E-state index is -0.571. The number of fused-ring (bicyclic) bond motifs is 1. The molecule has 0 aliphatic carbocycles. The number of Topliss-reactive ketones (excluding diaryl/α,β-unsaturated/α-hetero) is 1. The van der Waals surface area contributed by atoms with Gasteiger partial charge in [0.05, 0.1) is 12.2 Å². The predicted molar refractivity (Wildman–Crippen MR) is 86.9 cm³/mol. The van der Waals surface area contributed by atoms with Gasteiger partial charge in [0.25, 0.3) is 0 Å². The second-order valence-corrected chi connectivity index (χ2v) is 5.43. The Hall–Kier alpha value is -2.82. The van der Waals surface area contributed by atoms with E-state index < -0.39 is 6.09 Å². The zero-order valence-electron chi connectivity index (χ0n) is 12.7. The average Bonchev–Trinajstić information content (AvgIpc) is 2.73. The van der Waals surface area contributed by atoms with Gasteiger partial charge < -0.3 is 4.74 Å². The second-order valence-electron chi connectivity index (χ2n) is 5.43. The summed E-state index contributed by atoms with van der Waals surface area (Å²) in [4.78, 5) is 23.9. The molecule has 0 aromatic heterocycles. The Morgan fingerprint density at radius 3 is 2.61 bits per heavy atom. The summed E-state index contributed by atoms with van der Waals surface area (Å²) in [5.74, 6) is 0.0876. The van der Waals surface area contributed by atoms with Gasteiger partial charge in [0.1, 0.15) is 6.61 Å². The van der Waals surface area contributed by atoms with Crippen molar-refractivity contribution in [2.75, 3.05) is 11.6 Å². The van der Waals surface area contributed by atoms with Crippen LogP contribution in [0.5, 0.6) is 0 Å². The van der Waals surface area contributed by atoms with Crippen molar-refractivity contribution in [1.29, 1.82) is 0 Å². The highest BCUT2D eigenvalue weighted by atomic mass is 16.6. The zero-order valence-corrected chi connectivity index (χ0v) is 12.7. The SMILES string of the molecule is O=C1CCc2ccccc2N(NC(=O)OCc2ccccc2)C1. The first-order valence-corrected chi connectivity index (χ1v) is 7.57. The van der Waals surface area contributed by atoms with E-state index in [-0.39, 0.29) is 18.9 Å². The van der Waals surface area contributed by atoms with E-state index in [0.717, 1.165) is 16.8 Å². The van der Waals surface area contributed by atoms with E-state index in [2.05, 4.69) is 5.43 Å². The molecule has 2 aromatic rings. The van der Waals surface area contributed by atoms with Gasteiger partial charge in [0, 0.05) is 6.42 Å². The Labute approximate surface area is 134 Å². The molecule has 0 bridgehead atoms. The highest BCUT2D eigenvalue weighted by Gasteiger charge is 2.21. The largest absolute Gasteiger partial charge is 0.443 e. The number of amides is 1. The molecule has 0 unspecified atom stereocenters.